The highest BCUT2D eigenvalue weighted by Crippen LogP contribution is 2.27. The quantitative estimate of drug-likeness (QED) is 0.0532. The second kappa shape index (κ2) is 73.0. The van der Waals surface area contributed by atoms with Crippen LogP contribution in [0.5, 0.6) is 0 Å². The summed E-state index contributed by atoms with van der Waals surface area (Å²) in [7, 11) is 0. The summed E-state index contributed by atoms with van der Waals surface area (Å²) in [5, 5.41) is 18.5. The van der Waals surface area contributed by atoms with Crippen molar-refractivity contribution >= 4 is 6.08 Å². The van der Waals surface area contributed by atoms with E-state index in [4.69, 9.17) is 4.74 Å². The lowest BCUT2D eigenvalue weighted by Gasteiger charge is -2.27. The molecule has 2 fully saturated rings. The van der Waals surface area contributed by atoms with Crippen molar-refractivity contribution in [3.8, 4) is 0 Å². The molecule has 0 aliphatic carbocycles. The third kappa shape index (κ3) is 82.9. The Morgan fingerprint density at radius 3 is 1.07 bits per heavy atom. The topological polar surface area (TPSA) is 56.2 Å². The van der Waals surface area contributed by atoms with E-state index in [0.717, 1.165) is 99.7 Å². The van der Waals surface area contributed by atoms with E-state index in [-0.39, 0.29) is 18.6 Å². The van der Waals surface area contributed by atoms with Crippen molar-refractivity contribution in [1.29, 1.82) is 0 Å². The molecular formula is C83H156N2O3. The van der Waals surface area contributed by atoms with E-state index in [9.17, 15) is 10.2 Å². The number of nitrogens with zero attached hydrogens (tertiary/aromatic N) is 2. The van der Waals surface area contributed by atoms with E-state index in [0.29, 0.717) is 5.92 Å². The Hall–Kier alpha value is -3.06. The molecule has 0 atom stereocenters. The molecule has 2 heterocycles. The van der Waals surface area contributed by atoms with Crippen LogP contribution in [-0.2, 0) is 4.74 Å². The standard InChI is InChI=1S/C14H27NO.C13H26O2.C12H23N.C12H16.4C8H16/c1-14(2)8-4-7-12-16-13-11-15-9-5-3-6-10-15;1-4-13(10-14,11-15)9-7-5-6-8-12(2)3;1-12(2)8-4-7-11-13-9-5-3-6-10-13;1-11(2)7-6-10-12-8-4-3-5-9-12;4*1-4-5-6-7-8(2)3/h4,7,14H,3,5-6,8-13H2,1-2H3;5-6,12,14-15H,4,7-11H2,1-3H3;4,7,12H,3,5-6,8-11H2,1-2H3;3-6,8-11H,7H2,1-2H3;4*5-6,8H,4,7H2,1-3H3/b7-4+;6-5+;7-4+;10-6+;4*6-5+. The minimum absolute atomic E-state index is 0.0814. The number of allylic oxidation sites excluding steroid dienone is 13. The van der Waals surface area contributed by atoms with Gasteiger partial charge in [0.15, 0.2) is 0 Å². The van der Waals surface area contributed by atoms with Crippen LogP contribution in [-0.4, -0.2) is 85.7 Å². The van der Waals surface area contributed by atoms with Crippen molar-refractivity contribution in [2.24, 2.45) is 52.8 Å². The number of rotatable bonds is 34. The zero-order valence-corrected chi connectivity index (χ0v) is 62.9. The largest absolute Gasteiger partial charge is 0.396 e. The third-order valence-electron chi connectivity index (χ3n) is 14.4. The maximum atomic E-state index is 9.24. The second-order valence-corrected chi connectivity index (χ2v) is 27.8. The Kier molecular flexibility index (Phi) is 77.7. The van der Waals surface area contributed by atoms with Gasteiger partial charge in [-0.1, -0.05) is 286 Å². The maximum Gasteiger partial charge on any atom is 0.0648 e. The zero-order chi connectivity index (χ0) is 67.3. The number of piperidine rings is 2. The molecule has 0 spiro atoms. The van der Waals surface area contributed by atoms with Crippen molar-refractivity contribution in [2.75, 3.05) is 65.7 Å². The predicted molar refractivity (Wildman–Crippen MR) is 404 cm³/mol. The Balaban J connectivity index is -0.000000303. The van der Waals surface area contributed by atoms with Crippen LogP contribution in [0.25, 0.3) is 6.08 Å². The van der Waals surface area contributed by atoms with E-state index >= 15 is 0 Å². The number of benzene rings is 1. The first-order valence-electron chi connectivity index (χ1n) is 36.6. The predicted octanol–water partition coefficient (Wildman–Crippen LogP) is 24.7. The lowest BCUT2D eigenvalue weighted by atomic mass is 9.82. The minimum atomic E-state index is -0.276. The average Bonchev–Trinajstić information content (AvgIpc) is 3.65. The summed E-state index contributed by atoms with van der Waals surface area (Å²) < 4.78 is 5.59. The highest BCUT2D eigenvalue weighted by Gasteiger charge is 2.25. The van der Waals surface area contributed by atoms with Gasteiger partial charge >= 0.3 is 0 Å². The van der Waals surface area contributed by atoms with Crippen LogP contribution in [0.15, 0.2) is 121 Å². The fourth-order valence-corrected chi connectivity index (χ4v) is 8.36. The summed E-state index contributed by atoms with van der Waals surface area (Å²) in [6, 6.07) is 10.4. The van der Waals surface area contributed by atoms with Gasteiger partial charge in [0.2, 0.25) is 0 Å². The van der Waals surface area contributed by atoms with Crippen LogP contribution < -0.4 is 0 Å². The molecule has 0 bridgehead atoms. The van der Waals surface area contributed by atoms with Gasteiger partial charge in [-0.2, -0.15) is 0 Å². The third-order valence-corrected chi connectivity index (χ3v) is 14.4. The second-order valence-electron chi connectivity index (χ2n) is 27.8. The summed E-state index contributed by atoms with van der Waals surface area (Å²) in [6.45, 7) is 55.7. The van der Waals surface area contributed by atoms with Gasteiger partial charge in [0.1, 0.15) is 0 Å². The number of hydrogen-bond donors (Lipinski definition) is 2. The number of aliphatic hydroxyl groups is 2. The Morgan fingerprint density at radius 1 is 0.398 bits per heavy atom. The number of hydrogen-bond acceptors (Lipinski definition) is 5. The van der Waals surface area contributed by atoms with Gasteiger partial charge in [-0.05, 0) is 201 Å². The summed E-state index contributed by atoms with van der Waals surface area (Å²) in [4.78, 5) is 5.07. The average molecular weight is 1230 g/mol. The molecule has 0 unspecified atom stereocenters. The van der Waals surface area contributed by atoms with Crippen LogP contribution in [0.2, 0.25) is 0 Å². The highest BCUT2D eigenvalue weighted by atomic mass is 16.5. The molecular weight excluding hydrogens is 1070 g/mol. The molecule has 0 aromatic heterocycles. The number of ether oxygens (including phenoxy) is 1. The van der Waals surface area contributed by atoms with Gasteiger partial charge in [-0.15, -0.1) is 0 Å². The molecule has 2 aliphatic heterocycles. The van der Waals surface area contributed by atoms with Gasteiger partial charge < -0.3 is 19.8 Å². The summed E-state index contributed by atoms with van der Waals surface area (Å²) in [5.74, 6) is 6.28. The summed E-state index contributed by atoms with van der Waals surface area (Å²) in [5.41, 5.74) is 1.01. The molecule has 516 valence electrons. The number of aliphatic hydroxyl groups excluding tert-OH is 2. The molecule has 3 rings (SSSR count). The lowest BCUT2D eigenvalue weighted by molar-refractivity contribution is 0.0447. The Labute approximate surface area is 553 Å². The highest BCUT2D eigenvalue weighted by molar-refractivity contribution is 5.48. The van der Waals surface area contributed by atoms with E-state index in [1.165, 1.54) is 135 Å². The Bertz CT molecular complexity index is 1620. The molecule has 0 amide bonds. The Morgan fingerprint density at radius 2 is 0.727 bits per heavy atom. The van der Waals surface area contributed by atoms with Crippen molar-refractivity contribution < 1.29 is 14.9 Å². The van der Waals surface area contributed by atoms with Crippen LogP contribution in [0.4, 0.5) is 0 Å². The van der Waals surface area contributed by atoms with Crippen molar-refractivity contribution in [1.82, 2.24) is 9.80 Å². The van der Waals surface area contributed by atoms with Crippen LogP contribution in [0.1, 0.15) is 286 Å². The molecule has 2 N–H and O–H groups in total. The fraction of sp³-hybridized carbons (Fsp3) is 0.735. The first-order valence-corrected chi connectivity index (χ1v) is 36.6. The normalized spacial score (nSPS) is 14.3. The monoisotopic (exact) mass is 1230 g/mol. The summed E-state index contributed by atoms with van der Waals surface area (Å²) in [6.07, 6.45) is 61.0. The molecule has 2 aliphatic rings. The fourth-order valence-electron chi connectivity index (χ4n) is 8.36. The SMILES string of the molecule is CC(C)C/C=C/CN1CCCCC1.CC(C)C/C=C/COCCN1CCCCC1.CC(C)C/C=C/c1ccccc1.CC/C=C/CC(C)C.CC/C=C/CC(C)C.CC/C=C/CC(C)C.CC/C=C/CC(C)C.CCC(CO)(CO)CC/C=C/CC(C)C. The molecule has 1 aromatic carbocycles. The maximum absolute atomic E-state index is 9.24. The minimum Gasteiger partial charge on any atom is -0.396 e. The van der Waals surface area contributed by atoms with Crippen molar-refractivity contribution in [3.05, 3.63) is 127 Å². The molecule has 1 aromatic rings. The van der Waals surface area contributed by atoms with Gasteiger partial charge in [-0.25, -0.2) is 0 Å². The van der Waals surface area contributed by atoms with E-state index in [2.05, 4.69) is 270 Å². The van der Waals surface area contributed by atoms with Gasteiger partial charge in [-0.3, -0.25) is 4.90 Å². The molecule has 0 saturated carbocycles. The van der Waals surface area contributed by atoms with Gasteiger partial charge in [0, 0.05) is 18.5 Å². The zero-order valence-electron chi connectivity index (χ0n) is 62.9. The molecule has 2 saturated heterocycles. The van der Waals surface area contributed by atoms with Crippen LogP contribution in [0.3, 0.4) is 0 Å². The first kappa shape index (κ1) is 93.7. The van der Waals surface area contributed by atoms with E-state index in [1.807, 2.05) is 13.0 Å². The molecule has 0 radical (unpaired) electrons. The smallest absolute Gasteiger partial charge is 0.0648 e. The summed E-state index contributed by atoms with van der Waals surface area (Å²) >= 11 is 0. The van der Waals surface area contributed by atoms with Gasteiger partial charge in [0.05, 0.1) is 26.4 Å². The lowest BCUT2D eigenvalue weighted by Crippen LogP contribution is -2.32. The molecule has 88 heavy (non-hydrogen) atoms. The molecule has 5 heteroatoms. The number of likely N-dealkylation sites (tertiary alicyclic amines) is 2. The van der Waals surface area contributed by atoms with Crippen molar-refractivity contribution in [3.63, 3.8) is 0 Å². The molecule has 5 nitrogen and oxygen atoms in total. The first-order chi connectivity index (χ1) is 42.0. The van der Waals surface area contributed by atoms with Crippen LogP contribution >= 0.6 is 0 Å². The van der Waals surface area contributed by atoms with Crippen LogP contribution in [0, 0.1) is 52.8 Å². The van der Waals surface area contributed by atoms with Gasteiger partial charge in [0.25, 0.3) is 0 Å². The van der Waals surface area contributed by atoms with E-state index in [1.54, 1.807) is 0 Å². The van der Waals surface area contributed by atoms with Crippen molar-refractivity contribution in [2.45, 2.75) is 280 Å². The van der Waals surface area contributed by atoms with E-state index < -0.39 is 0 Å².